The van der Waals surface area contributed by atoms with E-state index in [1.807, 2.05) is 42.5 Å². The van der Waals surface area contributed by atoms with Crippen LogP contribution in [0.5, 0.6) is 5.75 Å². The van der Waals surface area contributed by atoms with Crippen LogP contribution in [-0.2, 0) is 0 Å². The van der Waals surface area contributed by atoms with Gasteiger partial charge in [0, 0.05) is 10.0 Å². The summed E-state index contributed by atoms with van der Waals surface area (Å²) < 4.78 is 7.10. The van der Waals surface area contributed by atoms with Gasteiger partial charge in [-0.15, -0.1) is 0 Å². The summed E-state index contributed by atoms with van der Waals surface area (Å²) in [5.74, 6) is 0.916. The van der Waals surface area contributed by atoms with E-state index in [0.29, 0.717) is 0 Å². The molecule has 1 N–H and O–H groups in total. The Labute approximate surface area is 109 Å². The fourth-order valence-corrected chi connectivity index (χ4v) is 2.56. The fourth-order valence-electron chi connectivity index (χ4n) is 2.02. The quantitative estimate of drug-likeness (QED) is 0.857. The maximum atomic E-state index is 6.01. The molecular formula is C14H12BrNO. The summed E-state index contributed by atoms with van der Waals surface area (Å²) in [5.41, 5.74) is 2.24. The molecule has 1 aliphatic rings. The first-order valence-electron chi connectivity index (χ1n) is 5.58. The Hall–Kier alpha value is -1.48. The number of ether oxygens (including phenoxy) is 1. The molecule has 0 saturated carbocycles. The van der Waals surface area contributed by atoms with Crippen molar-refractivity contribution in [3.8, 4) is 5.75 Å². The van der Waals surface area contributed by atoms with E-state index >= 15 is 0 Å². The molecule has 0 saturated heterocycles. The molecule has 86 valence electrons. The predicted molar refractivity (Wildman–Crippen MR) is 72.4 cm³/mol. The zero-order valence-corrected chi connectivity index (χ0v) is 10.8. The number of anilines is 1. The largest absolute Gasteiger partial charge is 0.482 e. The van der Waals surface area contributed by atoms with E-state index in [4.69, 9.17) is 4.74 Å². The number of hydrogen-bond donors (Lipinski definition) is 1. The van der Waals surface area contributed by atoms with Gasteiger partial charge >= 0.3 is 0 Å². The number of para-hydroxylation sites is 2. The van der Waals surface area contributed by atoms with Gasteiger partial charge in [-0.25, -0.2) is 0 Å². The van der Waals surface area contributed by atoms with Gasteiger partial charge in [0.15, 0.2) is 0 Å². The van der Waals surface area contributed by atoms with Crippen LogP contribution in [-0.4, -0.2) is 6.54 Å². The molecule has 1 aliphatic heterocycles. The average Bonchev–Trinajstić information content (AvgIpc) is 2.39. The van der Waals surface area contributed by atoms with Crippen LogP contribution >= 0.6 is 15.9 Å². The third-order valence-corrected chi connectivity index (χ3v) is 3.61. The molecule has 0 aliphatic carbocycles. The Morgan fingerprint density at radius 3 is 2.71 bits per heavy atom. The molecule has 0 fully saturated rings. The van der Waals surface area contributed by atoms with Crippen molar-refractivity contribution in [3.05, 3.63) is 58.6 Å². The van der Waals surface area contributed by atoms with Gasteiger partial charge in [-0.1, -0.05) is 46.3 Å². The van der Waals surface area contributed by atoms with Gasteiger partial charge in [0.05, 0.1) is 12.2 Å². The fraction of sp³-hybridized carbons (Fsp3) is 0.143. The van der Waals surface area contributed by atoms with Crippen molar-refractivity contribution in [1.29, 1.82) is 0 Å². The Balaban J connectivity index is 1.92. The normalized spacial score (nSPS) is 17.8. The highest BCUT2D eigenvalue weighted by molar-refractivity contribution is 9.10. The first-order chi connectivity index (χ1) is 8.34. The van der Waals surface area contributed by atoms with Gasteiger partial charge < -0.3 is 10.1 Å². The minimum atomic E-state index is 0.0560. The number of benzene rings is 2. The standard InChI is InChI=1S/C14H12BrNO/c15-11-6-2-1-5-10(11)14-9-16-12-7-3-4-8-13(12)17-14/h1-8,14,16H,9H2. The Bertz CT molecular complexity index is 541. The van der Waals surface area contributed by atoms with Crippen LogP contribution in [0.2, 0.25) is 0 Å². The molecule has 0 spiro atoms. The summed E-state index contributed by atoms with van der Waals surface area (Å²) >= 11 is 3.56. The lowest BCUT2D eigenvalue weighted by atomic mass is 10.1. The summed E-state index contributed by atoms with van der Waals surface area (Å²) in [7, 11) is 0. The molecule has 3 heteroatoms. The Morgan fingerprint density at radius 2 is 1.82 bits per heavy atom. The molecule has 2 nitrogen and oxygen atoms in total. The van der Waals surface area contributed by atoms with Crippen molar-refractivity contribution in [1.82, 2.24) is 0 Å². The van der Waals surface area contributed by atoms with E-state index in [1.54, 1.807) is 0 Å². The van der Waals surface area contributed by atoms with Gasteiger partial charge in [0.2, 0.25) is 0 Å². The highest BCUT2D eigenvalue weighted by atomic mass is 79.9. The SMILES string of the molecule is Brc1ccccc1C1CNc2ccccc2O1. The molecule has 0 bridgehead atoms. The van der Waals surface area contributed by atoms with Crippen molar-refractivity contribution < 1.29 is 4.74 Å². The van der Waals surface area contributed by atoms with E-state index in [2.05, 4.69) is 27.3 Å². The van der Waals surface area contributed by atoms with Crippen molar-refractivity contribution in [2.75, 3.05) is 11.9 Å². The number of hydrogen-bond acceptors (Lipinski definition) is 2. The molecule has 1 heterocycles. The van der Waals surface area contributed by atoms with E-state index in [-0.39, 0.29) is 6.10 Å². The monoisotopic (exact) mass is 289 g/mol. The number of halogens is 1. The molecule has 1 atom stereocenters. The van der Waals surface area contributed by atoms with Crippen molar-refractivity contribution in [3.63, 3.8) is 0 Å². The molecule has 17 heavy (non-hydrogen) atoms. The molecule has 3 rings (SSSR count). The van der Waals surface area contributed by atoms with Crippen LogP contribution in [0.4, 0.5) is 5.69 Å². The predicted octanol–water partition coefficient (Wildman–Crippen LogP) is 3.99. The maximum Gasteiger partial charge on any atom is 0.143 e. The summed E-state index contributed by atoms with van der Waals surface area (Å²) in [6.45, 7) is 0.791. The second-order valence-electron chi connectivity index (χ2n) is 4.01. The van der Waals surface area contributed by atoms with E-state index in [9.17, 15) is 0 Å². The zero-order valence-electron chi connectivity index (χ0n) is 9.19. The molecule has 2 aromatic rings. The minimum absolute atomic E-state index is 0.0560. The van der Waals surface area contributed by atoms with Gasteiger partial charge in [0.1, 0.15) is 11.9 Å². The first kappa shape index (κ1) is 10.7. The van der Waals surface area contributed by atoms with Crippen LogP contribution in [0.3, 0.4) is 0 Å². The second-order valence-corrected chi connectivity index (χ2v) is 4.86. The molecular weight excluding hydrogens is 278 g/mol. The van der Waals surface area contributed by atoms with Crippen LogP contribution < -0.4 is 10.1 Å². The minimum Gasteiger partial charge on any atom is -0.482 e. The summed E-state index contributed by atoms with van der Waals surface area (Å²) in [5, 5.41) is 3.39. The second kappa shape index (κ2) is 4.41. The summed E-state index contributed by atoms with van der Waals surface area (Å²) in [6, 6.07) is 16.2. The lowest BCUT2D eigenvalue weighted by Gasteiger charge is -2.28. The van der Waals surface area contributed by atoms with Crippen molar-refractivity contribution in [2.45, 2.75) is 6.10 Å². The topological polar surface area (TPSA) is 21.3 Å². The average molecular weight is 290 g/mol. The highest BCUT2D eigenvalue weighted by Crippen LogP contribution is 2.35. The van der Waals surface area contributed by atoms with Crippen LogP contribution in [0, 0.1) is 0 Å². The first-order valence-corrected chi connectivity index (χ1v) is 6.38. The molecule has 2 aromatic carbocycles. The highest BCUT2D eigenvalue weighted by Gasteiger charge is 2.21. The van der Waals surface area contributed by atoms with Crippen LogP contribution in [0.25, 0.3) is 0 Å². The Kier molecular flexibility index (Phi) is 2.77. The molecule has 0 amide bonds. The van der Waals surface area contributed by atoms with Crippen molar-refractivity contribution in [2.24, 2.45) is 0 Å². The van der Waals surface area contributed by atoms with E-state index in [0.717, 1.165) is 22.5 Å². The molecule has 0 radical (unpaired) electrons. The van der Waals surface area contributed by atoms with Crippen LogP contribution in [0.1, 0.15) is 11.7 Å². The van der Waals surface area contributed by atoms with Gasteiger partial charge in [-0.3, -0.25) is 0 Å². The van der Waals surface area contributed by atoms with Crippen molar-refractivity contribution >= 4 is 21.6 Å². The number of rotatable bonds is 1. The lowest BCUT2D eigenvalue weighted by Crippen LogP contribution is -2.23. The molecule has 0 aromatic heterocycles. The Morgan fingerprint density at radius 1 is 1.06 bits per heavy atom. The third kappa shape index (κ3) is 2.03. The van der Waals surface area contributed by atoms with Gasteiger partial charge in [-0.2, -0.15) is 0 Å². The number of fused-ring (bicyclic) bond motifs is 1. The zero-order chi connectivity index (χ0) is 11.7. The van der Waals surface area contributed by atoms with Gasteiger partial charge in [0.25, 0.3) is 0 Å². The summed E-state index contributed by atoms with van der Waals surface area (Å²) in [4.78, 5) is 0. The number of nitrogens with one attached hydrogen (secondary N) is 1. The van der Waals surface area contributed by atoms with Crippen LogP contribution in [0.15, 0.2) is 53.0 Å². The molecule has 1 unspecified atom stereocenters. The third-order valence-electron chi connectivity index (χ3n) is 2.89. The lowest BCUT2D eigenvalue weighted by molar-refractivity contribution is 0.210. The van der Waals surface area contributed by atoms with E-state index in [1.165, 1.54) is 5.56 Å². The van der Waals surface area contributed by atoms with Gasteiger partial charge in [-0.05, 0) is 18.2 Å². The maximum absolute atomic E-state index is 6.01. The summed E-state index contributed by atoms with van der Waals surface area (Å²) in [6.07, 6.45) is 0.0560. The smallest absolute Gasteiger partial charge is 0.143 e. The van der Waals surface area contributed by atoms with E-state index < -0.39 is 0 Å².